The number of benzene rings is 1. The average Bonchev–Trinajstić information content (AvgIpc) is 2.77. The van der Waals surface area contributed by atoms with Gasteiger partial charge >= 0.3 is 0 Å². The third kappa shape index (κ3) is 6.46. The monoisotopic (exact) mass is 397 g/mol. The Morgan fingerprint density at radius 3 is 2.93 bits per heavy atom. The normalized spacial score (nSPS) is 17.0. The topological polar surface area (TPSA) is 63.7 Å². The van der Waals surface area contributed by atoms with Crippen LogP contribution < -0.4 is 14.8 Å². The second-order valence-corrected chi connectivity index (χ2v) is 7.60. The Bertz CT molecular complexity index is 782. The number of amides is 1. The molecule has 2 aromatic rings. The van der Waals surface area contributed by atoms with E-state index in [1.807, 2.05) is 36.7 Å². The van der Waals surface area contributed by atoms with Crippen LogP contribution in [-0.4, -0.2) is 43.1 Å². The molecule has 0 aliphatic carbocycles. The zero-order chi connectivity index (χ0) is 20.5. The molecule has 29 heavy (non-hydrogen) atoms. The molecule has 1 aromatic heterocycles. The molecule has 1 N–H and O–H groups in total. The third-order valence-corrected chi connectivity index (χ3v) is 5.48. The molecule has 0 unspecified atom stereocenters. The van der Waals surface area contributed by atoms with Crippen LogP contribution in [0.25, 0.3) is 0 Å². The molecule has 0 bridgehead atoms. The molecule has 1 aliphatic heterocycles. The standard InChI is InChI=1S/C23H31N3O3/c1-28-21-9-8-20(22(13-21)29-2)15-25-23(27)10-7-18-6-4-12-26(16-18)17-19-5-3-11-24-14-19/h3,5,8-9,11,13-14,18H,4,6-7,10,12,15-17H2,1-2H3,(H,25,27)/t18-/m1/s1. The predicted octanol–water partition coefficient (Wildman–Crippen LogP) is 3.41. The van der Waals surface area contributed by atoms with Gasteiger partial charge in [-0.05, 0) is 55.5 Å². The van der Waals surface area contributed by atoms with Gasteiger partial charge in [-0.1, -0.05) is 6.07 Å². The second kappa shape index (κ2) is 10.8. The van der Waals surface area contributed by atoms with E-state index in [9.17, 15) is 4.79 Å². The van der Waals surface area contributed by atoms with Gasteiger partial charge in [-0.2, -0.15) is 0 Å². The number of aromatic nitrogens is 1. The number of carbonyl (C=O) groups is 1. The Morgan fingerprint density at radius 1 is 1.28 bits per heavy atom. The van der Waals surface area contributed by atoms with Crippen LogP contribution in [0.5, 0.6) is 11.5 Å². The number of methoxy groups -OCH3 is 2. The van der Waals surface area contributed by atoms with E-state index in [-0.39, 0.29) is 5.91 Å². The van der Waals surface area contributed by atoms with Gasteiger partial charge in [0, 0.05) is 50.1 Å². The maximum absolute atomic E-state index is 12.4. The van der Waals surface area contributed by atoms with Gasteiger partial charge in [0.1, 0.15) is 11.5 Å². The van der Waals surface area contributed by atoms with Crippen LogP contribution in [0.2, 0.25) is 0 Å². The Morgan fingerprint density at radius 2 is 2.17 bits per heavy atom. The van der Waals surface area contributed by atoms with Crippen LogP contribution in [0, 0.1) is 5.92 Å². The molecule has 1 atom stereocenters. The van der Waals surface area contributed by atoms with E-state index < -0.39 is 0 Å². The van der Waals surface area contributed by atoms with Crippen LogP contribution >= 0.6 is 0 Å². The van der Waals surface area contributed by atoms with Crippen LogP contribution in [0.1, 0.15) is 36.8 Å². The van der Waals surface area contributed by atoms with Gasteiger partial charge in [-0.15, -0.1) is 0 Å². The van der Waals surface area contributed by atoms with E-state index in [0.717, 1.165) is 43.1 Å². The minimum atomic E-state index is 0.0900. The lowest BCUT2D eigenvalue weighted by Crippen LogP contribution is -2.35. The quantitative estimate of drug-likeness (QED) is 0.703. The van der Waals surface area contributed by atoms with E-state index >= 15 is 0 Å². The molecule has 1 aliphatic rings. The summed E-state index contributed by atoms with van der Waals surface area (Å²) in [6.45, 7) is 3.57. The third-order valence-electron chi connectivity index (χ3n) is 5.48. The molecule has 2 heterocycles. The summed E-state index contributed by atoms with van der Waals surface area (Å²) in [6, 6.07) is 9.75. The van der Waals surface area contributed by atoms with Crippen LogP contribution in [0.4, 0.5) is 0 Å². The Balaban J connectivity index is 1.42. The molecule has 156 valence electrons. The zero-order valence-corrected chi connectivity index (χ0v) is 17.4. The SMILES string of the molecule is COc1ccc(CNC(=O)CC[C@H]2CCCN(Cc3cccnc3)C2)c(OC)c1. The van der Waals surface area contributed by atoms with Gasteiger partial charge in [0.25, 0.3) is 0 Å². The van der Waals surface area contributed by atoms with Gasteiger partial charge in [0.05, 0.1) is 14.2 Å². The summed E-state index contributed by atoms with van der Waals surface area (Å²) in [4.78, 5) is 19.0. The fourth-order valence-corrected chi connectivity index (χ4v) is 3.90. The van der Waals surface area contributed by atoms with Crippen molar-refractivity contribution in [3.05, 3.63) is 53.9 Å². The lowest BCUT2D eigenvalue weighted by atomic mass is 9.93. The number of hydrogen-bond donors (Lipinski definition) is 1. The van der Waals surface area contributed by atoms with Gasteiger partial charge in [-0.25, -0.2) is 0 Å². The number of nitrogens with zero attached hydrogens (tertiary/aromatic N) is 2. The molecule has 3 rings (SSSR count). The molecule has 1 aromatic carbocycles. The molecular weight excluding hydrogens is 366 g/mol. The molecule has 0 spiro atoms. The average molecular weight is 398 g/mol. The number of piperidine rings is 1. The Labute approximate surface area is 173 Å². The molecule has 0 radical (unpaired) electrons. The molecule has 6 heteroatoms. The van der Waals surface area contributed by atoms with Gasteiger partial charge < -0.3 is 14.8 Å². The number of rotatable bonds is 9. The number of ether oxygens (including phenoxy) is 2. The number of nitrogens with one attached hydrogen (secondary N) is 1. The summed E-state index contributed by atoms with van der Waals surface area (Å²) in [7, 11) is 3.25. The maximum Gasteiger partial charge on any atom is 0.220 e. The van der Waals surface area contributed by atoms with Crippen molar-refractivity contribution < 1.29 is 14.3 Å². The van der Waals surface area contributed by atoms with Gasteiger partial charge in [0.2, 0.25) is 5.91 Å². The van der Waals surface area contributed by atoms with E-state index in [4.69, 9.17) is 9.47 Å². The Hall–Kier alpha value is -2.60. The summed E-state index contributed by atoms with van der Waals surface area (Å²) >= 11 is 0. The van der Waals surface area contributed by atoms with Crippen molar-refractivity contribution in [2.45, 2.75) is 38.8 Å². The van der Waals surface area contributed by atoms with E-state index in [1.54, 1.807) is 14.2 Å². The predicted molar refractivity (Wildman–Crippen MR) is 113 cm³/mol. The van der Waals surface area contributed by atoms with Crippen molar-refractivity contribution >= 4 is 5.91 Å². The molecule has 1 amide bonds. The summed E-state index contributed by atoms with van der Waals surface area (Å²) < 4.78 is 10.6. The summed E-state index contributed by atoms with van der Waals surface area (Å²) in [5.74, 6) is 2.13. The number of pyridine rings is 1. The highest BCUT2D eigenvalue weighted by Crippen LogP contribution is 2.25. The van der Waals surface area contributed by atoms with Crippen molar-refractivity contribution in [3.63, 3.8) is 0 Å². The summed E-state index contributed by atoms with van der Waals surface area (Å²) in [5.41, 5.74) is 2.20. The van der Waals surface area contributed by atoms with Gasteiger partial charge in [-0.3, -0.25) is 14.7 Å². The highest BCUT2D eigenvalue weighted by Gasteiger charge is 2.20. The van der Waals surface area contributed by atoms with Crippen molar-refractivity contribution in [1.29, 1.82) is 0 Å². The minimum absolute atomic E-state index is 0.0900. The molecule has 0 saturated carbocycles. The van der Waals surface area contributed by atoms with E-state index in [1.165, 1.54) is 18.4 Å². The fraction of sp³-hybridized carbons (Fsp3) is 0.478. The molecule has 1 fully saturated rings. The van der Waals surface area contributed by atoms with Crippen LogP contribution in [-0.2, 0) is 17.9 Å². The second-order valence-electron chi connectivity index (χ2n) is 7.60. The number of hydrogen-bond acceptors (Lipinski definition) is 5. The Kier molecular flexibility index (Phi) is 7.87. The van der Waals surface area contributed by atoms with E-state index in [0.29, 0.717) is 18.9 Å². The van der Waals surface area contributed by atoms with Crippen molar-refractivity contribution in [2.24, 2.45) is 5.92 Å². The molecule has 1 saturated heterocycles. The van der Waals surface area contributed by atoms with Crippen molar-refractivity contribution in [2.75, 3.05) is 27.3 Å². The smallest absolute Gasteiger partial charge is 0.220 e. The van der Waals surface area contributed by atoms with Crippen LogP contribution in [0.3, 0.4) is 0 Å². The fourth-order valence-electron chi connectivity index (χ4n) is 3.90. The summed E-state index contributed by atoms with van der Waals surface area (Å²) in [5, 5.41) is 3.02. The lowest BCUT2D eigenvalue weighted by Gasteiger charge is -2.32. The molecular formula is C23H31N3O3. The largest absolute Gasteiger partial charge is 0.497 e. The first-order chi connectivity index (χ1) is 14.2. The minimum Gasteiger partial charge on any atom is -0.497 e. The highest BCUT2D eigenvalue weighted by molar-refractivity contribution is 5.75. The number of carbonyl (C=O) groups excluding carboxylic acids is 1. The summed E-state index contributed by atoms with van der Waals surface area (Å²) in [6.07, 6.45) is 7.62. The van der Waals surface area contributed by atoms with E-state index in [2.05, 4.69) is 21.3 Å². The maximum atomic E-state index is 12.4. The number of likely N-dealkylation sites (tertiary alicyclic amines) is 1. The first-order valence-corrected chi connectivity index (χ1v) is 10.3. The van der Waals surface area contributed by atoms with Gasteiger partial charge in [0.15, 0.2) is 0 Å². The zero-order valence-electron chi connectivity index (χ0n) is 17.4. The van der Waals surface area contributed by atoms with Crippen molar-refractivity contribution in [1.82, 2.24) is 15.2 Å². The first-order valence-electron chi connectivity index (χ1n) is 10.3. The lowest BCUT2D eigenvalue weighted by molar-refractivity contribution is -0.121. The van der Waals surface area contributed by atoms with Crippen molar-refractivity contribution in [3.8, 4) is 11.5 Å². The highest BCUT2D eigenvalue weighted by atomic mass is 16.5. The molecule has 6 nitrogen and oxygen atoms in total. The first kappa shape index (κ1) is 21.1. The van der Waals surface area contributed by atoms with Crippen LogP contribution in [0.15, 0.2) is 42.7 Å².